The highest BCUT2D eigenvalue weighted by Gasteiger charge is 2.26. The minimum Gasteiger partial charge on any atom is -0.399 e. The van der Waals surface area contributed by atoms with Crippen LogP contribution in [0.25, 0.3) is 0 Å². The summed E-state index contributed by atoms with van der Waals surface area (Å²) in [6.07, 6.45) is 5.28. The van der Waals surface area contributed by atoms with Crippen molar-refractivity contribution in [3.8, 4) is 0 Å². The molecule has 0 aromatic heterocycles. The van der Waals surface area contributed by atoms with Crippen molar-refractivity contribution in [2.24, 2.45) is 0 Å². The van der Waals surface area contributed by atoms with Crippen molar-refractivity contribution in [3.05, 3.63) is 29.8 Å². The molecule has 1 saturated carbocycles. The molecule has 0 saturated heterocycles. The first kappa shape index (κ1) is 15.8. The van der Waals surface area contributed by atoms with Gasteiger partial charge in [-0.2, -0.15) is 0 Å². The number of benzene rings is 1. The van der Waals surface area contributed by atoms with Gasteiger partial charge in [0.25, 0.3) is 0 Å². The van der Waals surface area contributed by atoms with Crippen molar-refractivity contribution in [1.29, 1.82) is 0 Å². The molecular weight excluding hydrogens is 262 g/mol. The second-order valence-corrected chi connectivity index (χ2v) is 6.25. The molecule has 0 aliphatic heterocycles. The highest BCUT2D eigenvalue weighted by Crippen LogP contribution is 2.24. The molecule has 0 spiro atoms. The second kappa shape index (κ2) is 7.46. The average molecular weight is 289 g/mol. The van der Waals surface area contributed by atoms with E-state index in [0.29, 0.717) is 12.5 Å². The summed E-state index contributed by atoms with van der Waals surface area (Å²) in [5, 5.41) is 0. The van der Waals surface area contributed by atoms with E-state index >= 15 is 0 Å². The highest BCUT2D eigenvalue weighted by atomic mass is 16.2. The number of carbonyl (C=O) groups excluding carboxylic acids is 1. The number of nitrogens with zero attached hydrogens (tertiary/aromatic N) is 2. The Balaban J connectivity index is 2.00. The minimum atomic E-state index is 0.244. The maximum atomic E-state index is 12.7. The van der Waals surface area contributed by atoms with Crippen molar-refractivity contribution in [3.63, 3.8) is 0 Å². The minimum absolute atomic E-state index is 0.244. The van der Waals surface area contributed by atoms with Crippen LogP contribution in [0.4, 0.5) is 5.69 Å². The zero-order chi connectivity index (χ0) is 15.2. The Labute approximate surface area is 127 Å². The van der Waals surface area contributed by atoms with Gasteiger partial charge in [0.15, 0.2) is 0 Å². The largest absolute Gasteiger partial charge is 0.399 e. The van der Waals surface area contributed by atoms with E-state index in [1.54, 1.807) is 0 Å². The second-order valence-electron chi connectivity index (χ2n) is 6.25. The average Bonchev–Trinajstić information content (AvgIpc) is 2.95. The quantitative estimate of drug-likeness (QED) is 0.816. The number of rotatable bonds is 6. The molecule has 4 heteroatoms. The van der Waals surface area contributed by atoms with Gasteiger partial charge in [0.1, 0.15) is 0 Å². The van der Waals surface area contributed by atoms with E-state index in [1.165, 1.54) is 12.8 Å². The summed E-state index contributed by atoms with van der Waals surface area (Å²) in [4.78, 5) is 16.9. The first-order chi connectivity index (χ1) is 10.1. The molecule has 1 amide bonds. The molecule has 1 aliphatic carbocycles. The molecule has 21 heavy (non-hydrogen) atoms. The van der Waals surface area contributed by atoms with Gasteiger partial charge in [-0.25, -0.2) is 0 Å². The number of likely N-dealkylation sites (N-methyl/N-ethyl adjacent to an activating group) is 1. The van der Waals surface area contributed by atoms with Gasteiger partial charge in [-0.3, -0.25) is 4.79 Å². The SMILES string of the molecule is CN(C)CCN(C(=O)Cc1ccc(N)cc1)C1CCCC1. The molecule has 0 radical (unpaired) electrons. The Morgan fingerprint density at radius 2 is 1.76 bits per heavy atom. The maximum Gasteiger partial charge on any atom is 0.227 e. The van der Waals surface area contributed by atoms with Crippen LogP contribution in [0.1, 0.15) is 31.2 Å². The number of carbonyl (C=O) groups is 1. The molecule has 4 nitrogen and oxygen atoms in total. The van der Waals surface area contributed by atoms with E-state index in [1.807, 2.05) is 24.3 Å². The van der Waals surface area contributed by atoms with E-state index in [2.05, 4.69) is 23.9 Å². The van der Waals surface area contributed by atoms with E-state index in [0.717, 1.165) is 37.2 Å². The number of amides is 1. The predicted molar refractivity (Wildman–Crippen MR) is 87.1 cm³/mol. The Hall–Kier alpha value is -1.55. The number of anilines is 1. The van der Waals surface area contributed by atoms with Crippen molar-refractivity contribution in [1.82, 2.24) is 9.80 Å². The van der Waals surface area contributed by atoms with Crippen LogP contribution < -0.4 is 5.73 Å². The Morgan fingerprint density at radius 3 is 2.33 bits per heavy atom. The van der Waals surface area contributed by atoms with Crippen LogP contribution in [0.15, 0.2) is 24.3 Å². The van der Waals surface area contributed by atoms with Gasteiger partial charge < -0.3 is 15.5 Å². The molecule has 2 N–H and O–H groups in total. The summed E-state index contributed by atoms with van der Waals surface area (Å²) >= 11 is 0. The topological polar surface area (TPSA) is 49.6 Å². The first-order valence-electron chi connectivity index (χ1n) is 7.85. The third kappa shape index (κ3) is 4.74. The summed E-state index contributed by atoms with van der Waals surface area (Å²) in [5.41, 5.74) is 7.48. The number of nitrogens with two attached hydrogens (primary N) is 1. The van der Waals surface area contributed by atoms with Gasteiger partial charge in [-0.1, -0.05) is 25.0 Å². The van der Waals surface area contributed by atoms with Gasteiger partial charge in [0.2, 0.25) is 5.91 Å². The summed E-state index contributed by atoms with van der Waals surface area (Å²) in [7, 11) is 4.11. The molecule has 1 aromatic rings. The van der Waals surface area contributed by atoms with Gasteiger partial charge in [-0.05, 0) is 44.6 Å². The van der Waals surface area contributed by atoms with Crippen LogP contribution in [-0.4, -0.2) is 48.9 Å². The van der Waals surface area contributed by atoms with Crippen LogP contribution >= 0.6 is 0 Å². The molecule has 116 valence electrons. The summed E-state index contributed by atoms with van der Waals surface area (Å²) in [5.74, 6) is 0.244. The van der Waals surface area contributed by atoms with Crippen molar-refractivity contribution in [2.45, 2.75) is 38.1 Å². The smallest absolute Gasteiger partial charge is 0.227 e. The lowest BCUT2D eigenvalue weighted by Crippen LogP contribution is -2.43. The lowest BCUT2D eigenvalue weighted by Gasteiger charge is -2.30. The van der Waals surface area contributed by atoms with Gasteiger partial charge in [-0.15, -0.1) is 0 Å². The van der Waals surface area contributed by atoms with Crippen molar-refractivity contribution >= 4 is 11.6 Å². The molecule has 1 aromatic carbocycles. The van der Waals surface area contributed by atoms with Crippen molar-refractivity contribution in [2.75, 3.05) is 32.9 Å². The fraction of sp³-hybridized carbons (Fsp3) is 0.588. The third-order valence-corrected chi connectivity index (χ3v) is 4.21. The van der Waals surface area contributed by atoms with E-state index in [9.17, 15) is 4.79 Å². The lowest BCUT2D eigenvalue weighted by molar-refractivity contribution is -0.132. The van der Waals surface area contributed by atoms with E-state index < -0.39 is 0 Å². The van der Waals surface area contributed by atoms with Crippen molar-refractivity contribution < 1.29 is 4.79 Å². The Morgan fingerprint density at radius 1 is 1.14 bits per heavy atom. The zero-order valence-electron chi connectivity index (χ0n) is 13.2. The molecule has 0 bridgehead atoms. The predicted octanol–water partition coefficient (Wildman–Crippen LogP) is 2.14. The van der Waals surface area contributed by atoms with Gasteiger partial charge >= 0.3 is 0 Å². The Kier molecular flexibility index (Phi) is 5.62. The van der Waals surface area contributed by atoms with Crippen LogP contribution in [0.5, 0.6) is 0 Å². The fourth-order valence-electron chi connectivity index (χ4n) is 2.95. The van der Waals surface area contributed by atoms with Crippen LogP contribution in [-0.2, 0) is 11.2 Å². The highest BCUT2D eigenvalue weighted by molar-refractivity contribution is 5.79. The molecule has 0 heterocycles. The van der Waals surface area contributed by atoms with Gasteiger partial charge in [0.05, 0.1) is 6.42 Å². The summed E-state index contributed by atoms with van der Waals surface area (Å²) < 4.78 is 0. The number of hydrogen-bond donors (Lipinski definition) is 1. The molecule has 0 unspecified atom stereocenters. The molecule has 1 aliphatic rings. The molecule has 1 fully saturated rings. The first-order valence-corrected chi connectivity index (χ1v) is 7.85. The molecule has 0 atom stereocenters. The number of hydrogen-bond acceptors (Lipinski definition) is 3. The molecule has 2 rings (SSSR count). The van der Waals surface area contributed by atoms with Crippen LogP contribution in [0.2, 0.25) is 0 Å². The number of nitrogen functional groups attached to an aromatic ring is 1. The normalized spacial score (nSPS) is 15.6. The van der Waals surface area contributed by atoms with Gasteiger partial charge in [0, 0.05) is 24.8 Å². The fourth-order valence-corrected chi connectivity index (χ4v) is 2.95. The monoisotopic (exact) mass is 289 g/mol. The molecular formula is C17H27N3O. The van der Waals surface area contributed by atoms with Crippen LogP contribution in [0, 0.1) is 0 Å². The summed E-state index contributed by atoms with van der Waals surface area (Å²) in [6.45, 7) is 1.75. The Bertz CT molecular complexity index is 450. The van der Waals surface area contributed by atoms with E-state index in [-0.39, 0.29) is 5.91 Å². The lowest BCUT2D eigenvalue weighted by atomic mass is 10.1. The summed E-state index contributed by atoms with van der Waals surface area (Å²) in [6, 6.07) is 8.06. The van der Waals surface area contributed by atoms with Crippen LogP contribution in [0.3, 0.4) is 0 Å². The zero-order valence-corrected chi connectivity index (χ0v) is 13.2. The van der Waals surface area contributed by atoms with E-state index in [4.69, 9.17) is 5.73 Å². The third-order valence-electron chi connectivity index (χ3n) is 4.21. The maximum absolute atomic E-state index is 12.7. The standard InChI is InChI=1S/C17H27N3O/c1-19(2)11-12-20(16-5-3-4-6-16)17(21)13-14-7-9-15(18)10-8-14/h7-10,16H,3-6,11-13,18H2,1-2H3.